The lowest BCUT2D eigenvalue weighted by Gasteiger charge is -2.35. The van der Waals surface area contributed by atoms with E-state index in [2.05, 4.69) is 43.6 Å². The lowest BCUT2D eigenvalue weighted by atomic mass is 9.86. The van der Waals surface area contributed by atoms with Gasteiger partial charge in [-0.2, -0.15) is 19.6 Å². The Morgan fingerprint density at radius 2 is 1.77 bits per heavy atom. The fourth-order valence-electron chi connectivity index (χ4n) is 6.18. The number of ether oxygens (including phenoxy) is 2. The van der Waals surface area contributed by atoms with Crippen molar-refractivity contribution in [3.8, 4) is 5.75 Å². The van der Waals surface area contributed by atoms with Crippen LogP contribution in [0.15, 0.2) is 53.6 Å². The van der Waals surface area contributed by atoms with Crippen molar-refractivity contribution in [2.75, 3.05) is 63.7 Å². The SMILES string of the molecule is COc1cc(C2CCN(C(=O)CN3CCOCC3)CC2)c(C)cc1Nc1nc(Nc2ccccc2S(=O)(=O)C(C)C)n2nccc2n1. The van der Waals surface area contributed by atoms with Gasteiger partial charge in [0.2, 0.25) is 17.8 Å². The van der Waals surface area contributed by atoms with Crippen LogP contribution < -0.4 is 15.4 Å². The average molecular weight is 663 g/mol. The van der Waals surface area contributed by atoms with Gasteiger partial charge in [-0.05, 0) is 74.9 Å². The second-order valence-electron chi connectivity index (χ2n) is 12.3. The average Bonchev–Trinajstić information content (AvgIpc) is 3.55. The van der Waals surface area contributed by atoms with Gasteiger partial charge in [0.25, 0.3) is 0 Å². The quantitative estimate of drug-likeness (QED) is 0.253. The van der Waals surface area contributed by atoms with Crippen molar-refractivity contribution in [1.29, 1.82) is 0 Å². The first-order valence-electron chi connectivity index (χ1n) is 16.0. The molecule has 6 rings (SSSR count). The monoisotopic (exact) mass is 662 g/mol. The number of nitrogens with zero attached hydrogens (tertiary/aromatic N) is 6. The number of morpholine rings is 1. The molecule has 2 aliphatic heterocycles. The number of sulfone groups is 1. The molecule has 0 unspecified atom stereocenters. The van der Waals surface area contributed by atoms with Gasteiger partial charge in [-0.15, -0.1) is 0 Å². The van der Waals surface area contributed by atoms with Crippen molar-refractivity contribution in [2.24, 2.45) is 0 Å². The molecule has 0 atom stereocenters. The van der Waals surface area contributed by atoms with Crippen molar-refractivity contribution in [3.63, 3.8) is 0 Å². The van der Waals surface area contributed by atoms with Crippen LogP contribution in [0.5, 0.6) is 5.75 Å². The fraction of sp³-hybridized carbons (Fsp3) is 0.455. The maximum Gasteiger partial charge on any atom is 0.236 e. The van der Waals surface area contributed by atoms with Crippen LogP contribution in [0.1, 0.15) is 43.7 Å². The molecule has 2 aromatic carbocycles. The molecule has 0 radical (unpaired) electrons. The number of aryl methyl sites for hydroxylation is 1. The number of fused-ring (bicyclic) bond motifs is 1. The first-order valence-corrected chi connectivity index (χ1v) is 17.5. The van der Waals surface area contributed by atoms with E-state index in [1.807, 2.05) is 11.0 Å². The highest BCUT2D eigenvalue weighted by molar-refractivity contribution is 7.92. The van der Waals surface area contributed by atoms with Gasteiger partial charge in [0.05, 0.1) is 54.6 Å². The van der Waals surface area contributed by atoms with Crippen LogP contribution in [0.2, 0.25) is 0 Å². The predicted octanol–water partition coefficient (Wildman–Crippen LogP) is 4.15. The number of hydrogen-bond acceptors (Lipinski definition) is 11. The number of carbonyl (C=O) groups excluding carboxylic acids is 1. The molecular weight excluding hydrogens is 620 g/mol. The molecule has 0 spiro atoms. The summed E-state index contributed by atoms with van der Waals surface area (Å²) in [6.07, 6.45) is 3.38. The van der Waals surface area contributed by atoms with Gasteiger partial charge in [0, 0.05) is 32.2 Å². The van der Waals surface area contributed by atoms with Gasteiger partial charge in [-0.1, -0.05) is 12.1 Å². The Labute approximate surface area is 275 Å². The maximum absolute atomic E-state index is 13.1. The Morgan fingerprint density at radius 1 is 1.02 bits per heavy atom. The molecule has 47 heavy (non-hydrogen) atoms. The summed E-state index contributed by atoms with van der Waals surface area (Å²) >= 11 is 0. The van der Waals surface area contributed by atoms with Crippen LogP contribution in [0.3, 0.4) is 0 Å². The fourth-order valence-corrected chi connectivity index (χ4v) is 7.38. The van der Waals surface area contributed by atoms with E-state index in [9.17, 15) is 13.2 Å². The van der Waals surface area contributed by atoms with Crippen LogP contribution >= 0.6 is 0 Å². The second-order valence-corrected chi connectivity index (χ2v) is 14.7. The van der Waals surface area contributed by atoms with E-state index in [0.717, 1.165) is 44.6 Å². The summed E-state index contributed by atoms with van der Waals surface area (Å²) in [7, 11) is -1.93. The Balaban J connectivity index is 1.20. The van der Waals surface area contributed by atoms with E-state index in [-0.39, 0.29) is 10.8 Å². The van der Waals surface area contributed by atoms with Crippen molar-refractivity contribution < 1.29 is 22.7 Å². The molecule has 1 amide bonds. The van der Waals surface area contributed by atoms with Gasteiger partial charge in [0.1, 0.15) is 5.75 Å². The lowest BCUT2D eigenvalue weighted by molar-refractivity contribution is -0.134. The summed E-state index contributed by atoms with van der Waals surface area (Å²) in [6, 6.07) is 12.6. The third kappa shape index (κ3) is 7.04. The topological polar surface area (TPSA) is 143 Å². The van der Waals surface area contributed by atoms with Crippen LogP contribution in [-0.4, -0.2) is 102 Å². The molecule has 4 heterocycles. The molecule has 2 aromatic heterocycles. The second kappa shape index (κ2) is 13.8. The number of anilines is 4. The Hall–Kier alpha value is -4.27. The van der Waals surface area contributed by atoms with Crippen LogP contribution in [0.4, 0.5) is 23.3 Å². The van der Waals surface area contributed by atoms with E-state index in [4.69, 9.17) is 9.47 Å². The minimum atomic E-state index is -3.56. The molecule has 13 nitrogen and oxygen atoms in total. The standard InChI is InChI=1S/C33H42N8O5S/c1-22(2)47(43,44)29-8-6-5-7-26(29)36-33-38-32(37-30-9-12-34-41(30)33)35-27-19-23(3)25(20-28(27)45-4)24-10-13-40(14-11-24)31(42)21-39-15-17-46-18-16-39/h5-9,12,19-20,22,24H,10-11,13-18,21H2,1-4H3,(H2,35,36,37,38). The zero-order valence-electron chi connectivity index (χ0n) is 27.3. The highest BCUT2D eigenvalue weighted by Gasteiger charge is 2.28. The number of carbonyl (C=O) groups is 1. The van der Waals surface area contributed by atoms with E-state index < -0.39 is 15.1 Å². The third-order valence-electron chi connectivity index (χ3n) is 8.90. The number of hydrogen-bond donors (Lipinski definition) is 2. The molecule has 2 fully saturated rings. The van der Waals surface area contributed by atoms with Crippen LogP contribution in [0, 0.1) is 6.92 Å². The highest BCUT2D eigenvalue weighted by atomic mass is 32.2. The summed E-state index contributed by atoms with van der Waals surface area (Å²) in [5.41, 5.74) is 3.92. The zero-order chi connectivity index (χ0) is 33.1. The minimum Gasteiger partial charge on any atom is -0.495 e. The van der Waals surface area contributed by atoms with Crippen molar-refractivity contribution in [1.82, 2.24) is 29.4 Å². The minimum absolute atomic E-state index is 0.184. The van der Waals surface area contributed by atoms with Gasteiger partial charge in [0.15, 0.2) is 15.5 Å². The Morgan fingerprint density at radius 3 is 2.49 bits per heavy atom. The molecule has 4 aromatic rings. The first-order chi connectivity index (χ1) is 22.6. The number of methoxy groups -OCH3 is 1. The molecule has 2 saturated heterocycles. The first kappa shape index (κ1) is 32.7. The number of benzene rings is 2. The number of amides is 1. The number of aromatic nitrogens is 4. The normalized spacial score (nSPS) is 16.5. The van der Waals surface area contributed by atoms with Crippen molar-refractivity contribution in [3.05, 3.63) is 59.8 Å². The van der Waals surface area contributed by atoms with E-state index in [1.54, 1.807) is 57.5 Å². The molecule has 2 aliphatic rings. The summed E-state index contributed by atoms with van der Waals surface area (Å²) in [5, 5.41) is 10.2. The van der Waals surface area contributed by atoms with Gasteiger partial charge in [-0.3, -0.25) is 9.69 Å². The number of piperidine rings is 1. The smallest absolute Gasteiger partial charge is 0.236 e. The van der Waals surface area contributed by atoms with Gasteiger partial charge < -0.3 is 25.0 Å². The largest absolute Gasteiger partial charge is 0.495 e. The number of rotatable bonds is 10. The van der Waals surface area contributed by atoms with Crippen LogP contribution in [-0.2, 0) is 19.4 Å². The summed E-state index contributed by atoms with van der Waals surface area (Å²) in [6.45, 7) is 10.3. The van der Waals surface area contributed by atoms with E-state index in [1.165, 1.54) is 10.1 Å². The molecule has 0 aliphatic carbocycles. The van der Waals surface area contributed by atoms with Gasteiger partial charge >= 0.3 is 0 Å². The summed E-state index contributed by atoms with van der Waals surface area (Å²) in [4.78, 5) is 26.6. The number of likely N-dealkylation sites (tertiary alicyclic amines) is 1. The lowest BCUT2D eigenvalue weighted by Crippen LogP contribution is -2.46. The van der Waals surface area contributed by atoms with Crippen molar-refractivity contribution >= 4 is 44.7 Å². The molecule has 0 bridgehead atoms. The molecule has 250 valence electrons. The molecule has 0 saturated carbocycles. The highest BCUT2D eigenvalue weighted by Crippen LogP contribution is 2.37. The Bertz CT molecular complexity index is 1850. The summed E-state index contributed by atoms with van der Waals surface area (Å²) < 4.78 is 38.9. The summed E-state index contributed by atoms with van der Waals surface area (Å²) in [5.74, 6) is 1.74. The predicted molar refractivity (Wildman–Crippen MR) is 180 cm³/mol. The van der Waals surface area contributed by atoms with Crippen molar-refractivity contribution in [2.45, 2.75) is 49.7 Å². The van der Waals surface area contributed by atoms with E-state index >= 15 is 0 Å². The number of para-hydroxylation sites is 1. The molecular formula is C33H42N8O5S. The van der Waals surface area contributed by atoms with Crippen LogP contribution in [0.25, 0.3) is 5.65 Å². The Kier molecular flexibility index (Phi) is 9.62. The molecule has 14 heteroatoms. The van der Waals surface area contributed by atoms with Gasteiger partial charge in [-0.25, -0.2) is 8.42 Å². The number of nitrogens with one attached hydrogen (secondary N) is 2. The van der Waals surface area contributed by atoms with E-state index in [0.29, 0.717) is 60.3 Å². The third-order valence-corrected chi connectivity index (χ3v) is 11.1. The molecule has 2 N–H and O–H groups in total. The zero-order valence-corrected chi connectivity index (χ0v) is 28.1. The maximum atomic E-state index is 13.1.